The van der Waals surface area contributed by atoms with Crippen LogP contribution in [-0.4, -0.2) is 26.8 Å². The first-order valence-electron chi connectivity index (χ1n) is 9.21. The molecule has 2 aromatic carbocycles. The monoisotopic (exact) mass is 481 g/mol. The summed E-state index contributed by atoms with van der Waals surface area (Å²) in [7, 11) is -3.67. The maximum Gasteiger partial charge on any atom is 0.240 e. The van der Waals surface area contributed by atoms with E-state index in [1.807, 2.05) is 13.0 Å². The number of anilines is 1. The van der Waals surface area contributed by atoms with Crippen LogP contribution in [0.5, 0.6) is 0 Å². The van der Waals surface area contributed by atoms with Gasteiger partial charge in [0.15, 0.2) is 0 Å². The highest BCUT2D eigenvalue weighted by atomic mass is 79.9. The van der Waals surface area contributed by atoms with Crippen molar-refractivity contribution in [1.29, 1.82) is 0 Å². The maximum absolute atomic E-state index is 12.2. The fourth-order valence-electron chi connectivity index (χ4n) is 2.52. The molecule has 29 heavy (non-hydrogen) atoms. The van der Waals surface area contributed by atoms with Gasteiger partial charge in [-0.25, -0.2) is 13.1 Å². The minimum atomic E-state index is -3.67. The van der Waals surface area contributed by atoms with Crippen molar-refractivity contribution < 1.29 is 18.0 Å². The minimum Gasteiger partial charge on any atom is -0.352 e. The Morgan fingerprint density at radius 1 is 1.00 bits per heavy atom. The van der Waals surface area contributed by atoms with E-state index < -0.39 is 10.0 Å². The van der Waals surface area contributed by atoms with Crippen molar-refractivity contribution in [2.75, 3.05) is 11.9 Å². The molecule has 0 heterocycles. The fourth-order valence-corrected chi connectivity index (χ4v) is 4.14. The molecular weight excluding hydrogens is 458 g/mol. The van der Waals surface area contributed by atoms with Crippen LogP contribution in [0.2, 0.25) is 0 Å². The Hall–Kier alpha value is -2.23. The van der Waals surface area contributed by atoms with E-state index in [9.17, 15) is 18.0 Å². The van der Waals surface area contributed by atoms with Crippen molar-refractivity contribution in [3.63, 3.8) is 0 Å². The molecule has 0 aromatic heterocycles. The van der Waals surface area contributed by atoms with Gasteiger partial charge >= 0.3 is 0 Å². The quantitative estimate of drug-likeness (QED) is 0.484. The molecule has 0 radical (unpaired) electrons. The summed E-state index contributed by atoms with van der Waals surface area (Å²) in [4.78, 5) is 23.8. The number of benzene rings is 2. The van der Waals surface area contributed by atoms with Gasteiger partial charge in [-0.3, -0.25) is 9.59 Å². The zero-order valence-electron chi connectivity index (χ0n) is 16.1. The number of carbonyl (C=O) groups excluding carboxylic acids is 2. The number of carbonyl (C=O) groups is 2. The van der Waals surface area contributed by atoms with Crippen LogP contribution in [-0.2, 0) is 26.2 Å². The highest BCUT2D eigenvalue weighted by Crippen LogP contribution is 2.15. The minimum absolute atomic E-state index is 0.00616. The van der Waals surface area contributed by atoms with Crippen molar-refractivity contribution in [3.05, 3.63) is 58.6 Å². The van der Waals surface area contributed by atoms with Crippen LogP contribution in [0.15, 0.2) is 57.9 Å². The molecule has 0 aliphatic carbocycles. The molecule has 0 unspecified atom stereocenters. The standard InChI is InChI=1S/C20H24BrN3O4S/c1-2-5-20(26)24-17-8-3-6-15(12-17)14-22-19(25)10-11-23-29(27,28)18-9-4-7-16(21)13-18/h3-4,6-9,12-13,23H,2,5,10-11,14H2,1H3,(H,22,25)(H,24,26). The summed E-state index contributed by atoms with van der Waals surface area (Å²) in [5.41, 5.74) is 1.51. The summed E-state index contributed by atoms with van der Waals surface area (Å²) in [6.45, 7) is 2.22. The first kappa shape index (κ1) is 23.1. The Morgan fingerprint density at radius 2 is 1.76 bits per heavy atom. The van der Waals surface area contributed by atoms with Crippen LogP contribution in [0.1, 0.15) is 31.7 Å². The zero-order valence-corrected chi connectivity index (χ0v) is 18.5. The second kappa shape index (κ2) is 11.1. The van der Waals surface area contributed by atoms with Crippen LogP contribution in [0.3, 0.4) is 0 Å². The second-order valence-electron chi connectivity index (χ2n) is 6.38. The summed E-state index contributed by atoms with van der Waals surface area (Å²) in [6.07, 6.45) is 1.24. The van der Waals surface area contributed by atoms with Gasteiger partial charge in [0, 0.05) is 36.1 Å². The molecule has 0 fully saturated rings. The molecule has 2 rings (SSSR count). The lowest BCUT2D eigenvalue weighted by atomic mass is 10.2. The number of rotatable bonds is 10. The van der Waals surface area contributed by atoms with Gasteiger partial charge < -0.3 is 10.6 Å². The molecule has 2 amide bonds. The molecular formula is C20H24BrN3O4S. The smallest absolute Gasteiger partial charge is 0.240 e. The molecule has 0 saturated heterocycles. The van der Waals surface area contributed by atoms with E-state index in [1.54, 1.807) is 30.3 Å². The molecule has 2 aromatic rings. The summed E-state index contributed by atoms with van der Waals surface area (Å²) >= 11 is 3.23. The Balaban J connectivity index is 1.79. The Bertz CT molecular complexity index is 964. The summed E-state index contributed by atoms with van der Waals surface area (Å²) < 4.78 is 27.5. The molecule has 0 atom stereocenters. The van der Waals surface area contributed by atoms with Gasteiger partial charge in [0.25, 0.3) is 0 Å². The molecule has 9 heteroatoms. The highest BCUT2D eigenvalue weighted by Gasteiger charge is 2.14. The van der Waals surface area contributed by atoms with Gasteiger partial charge in [-0.2, -0.15) is 0 Å². The SMILES string of the molecule is CCCC(=O)Nc1cccc(CNC(=O)CCNS(=O)(=O)c2cccc(Br)c2)c1. The third kappa shape index (κ3) is 7.96. The van der Waals surface area contributed by atoms with Gasteiger partial charge in [-0.15, -0.1) is 0 Å². The largest absolute Gasteiger partial charge is 0.352 e. The Labute approximate surface area is 179 Å². The van der Waals surface area contributed by atoms with Gasteiger partial charge in [-0.05, 0) is 42.3 Å². The number of amides is 2. The van der Waals surface area contributed by atoms with Crippen LogP contribution >= 0.6 is 15.9 Å². The molecule has 0 spiro atoms. The number of nitrogens with one attached hydrogen (secondary N) is 3. The van der Waals surface area contributed by atoms with Crippen molar-refractivity contribution in [2.45, 2.75) is 37.6 Å². The van der Waals surface area contributed by atoms with E-state index in [-0.39, 0.29) is 36.2 Å². The molecule has 0 saturated carbocycles. The van der Waals surface area contributed by atoms with E-state index in [2.05, 4.69) is 31.3 Å². The molecule has 0 aliphatic rings. The number of hydrogen-bond donors (Lipinski definition) is 3. The predicted molar refractivity (Wildman–Crippen MR) is 116 cm³/mol. The lowest BCUT2D eigenvalue weighted by molar-refractivity contribution is -0.121. The van der Waals surface area contributed by atoms with Crippen LogP contribution in [0.25, 0.3) is 0 Å². The summed E-state index contributed by atoms with van der Waals surface area (Å²) in [5, 5.41) is 5.56. The molecule has 0 bridgehead atoms. The van der Waals surface area contributed by atoms with E-state index in [0.717, 1.165) is 12.0 Å². The van der Waals surface area contributed by atoms with E-state index in [0.29, 0.717) is 16.6 Å². The van der Waals surface area contributed by atoms with Crippen molar-refractivity contribution in [3.8, 4) is 0 Å². The van der Waals surface area contributed by atoms with Crippen LogP contribution in [0.4, 0.5) is 5.69 Å². The van der Waals surface area contributed by atoms with E-state index >= 15 is 0 Å². The third-order valence-corrected chi connectivity index (χ3v) is 5.88. The lowest BCUT2D eigenvalue weighted by Crippen LogP contribution is -2.30. The average Bonchev–Trinajstić information content (AvgIpc) is 2.67. The molecule has 156 valence electrons. The molecule has 7 nitrogen and oxygen atoms in total. The number of halogens is 1. The normalized spacial score (nSPS) is 11.1. The molecule has 0 aliphatic heterocycles. The van der Waals surface area contributed by atoms with Crippen molar-refractivity contribution in [2.24, 2.45) is 0 Å². The number of hydrogen-bond acceptors (Lipinski definition) is 4. The van der Waals surface area contributed by atoms with Gasteiger partial charge in [-0.1, -0.05) is 41.1 Å². The maximum atomic E-state index is 12.2. The van der Waals surface area contributed by atoms with Crippen molar-refractivity contribution >= 4 is 43.5 Å². The van der Waals surface area contributed by atoms with Gasteiger partial charge in [0.2, 0.25) is 21.8 Å². The number of sulfonamides is 1. The second-order valence-corrected chi connectivity index (χ2v) is 9.06. The predicted octanol–water partition coefficient (Wildman–Crippen LogP) is 3.17. The topological polar surface area (TPSA) is 104 Å². The Morgan fingerprint density at radius 3 is 2.48 bits per heavy atom. The third-order valence-electron chi connectivity index (χ3n) is 3.93. The van der Waals surface area contributed by atoms with E-state index in [1.165, 1.54) is 12.1 Å². The first-order chi connectivity index (χ1) is 13.8. The van der Waals surface area contributed by atoms with Crippen molar-refractivity contribution in [1.82, 2.24) is 10.0 Å². The highest BCUT2D eigenvalue weighted by molar-refractivity contribution is 9.10. The zero-order chi connectivity index (χ0) is 21.3. The summed E-state index contributed by atoms with van der Waals surface area (Å²) in [6, 6.07) is 13.6. The fraction of sp³-hybridized carbons (Fsp3) is 0.300. The van der Waals surface area contributed by atoms with Gasteiger partial charge in [0.05, 0.1) is 4.90 Å². The average molecular weight is 482 g/mol. The van der Waals surface area contributed by atoms with Gasteiger partial charge in [0.1, 0.15) is 0 Å². The van der Waals surface area contributed by atoms with Crippen LogP contribution in [0, 0.1) is 0 Å². The van der Waals surface area contributed by atoms with E-state index in [4.69, 9.17) is 0 Å². The Kier molecular flexibility index (Phi) is 8.81. The first-order valence-corrected chi connectivity index (χ1v) is 11.5. The summed E-state index contributed by atoms with van der Waals surface area (Å²) in [5.74, 6) is -0.325. The molecule has 3 N–H and O–H groups in total. The van der Waals surface area contributed by atoms with Crippen LogP contribution < -0.4 is 15.4 Å². The lowest BCUT2D eigenvalue weighted by Gasteiger charge is -2.09.